The van der Waals surface area contributed by atoms with Crippen LogP contribution in [-0.2, 0) is 9.59 Å². The number of nitrogens with one attached hydrogen (secondary N) is 2. The van der Waals surface area contributed by atoms with Crippen LogP contribution < -0.4 is 10.6 Å². The molecule has 3 aromatic rings. The number of pyridine rings is 1. The van der Waals surface area contributed by atoms with Crippen LogP contribution in [0.3, 0.4) is 0 Å². The Hall–Kier alpha value is -3.54. The number of carbonyl (C=O) groups is 2. The molecule has 28 heavy (non-hydrogen) atoms. The molecule has 1 unspecified atom stereocenters. The van der Waals surface area contributed by atoms with E-state index in [4.69, 9.17) is 0 Å². The largest absolute Gasteiger partial charge is 0.332 e. The fraction of sp³-hybridized carbons (Fsp3) is 0.136. The number of hydrogen-bond donors (Lipinski definition) is 2. The number of nitrogens with zero attached hydrogens (tertiary/aromatic N) is 1. The first-order valence-electron chi connectivity index (χ1n) is 8.93. The van der Waals surface area contributed by atoms with Gasteiger partial charge in [0, 0.05) is 35.7 Å². The standard InChI is InChI=1S/C22H18FN3O2/c1-13-4-9-19-16(3-2-10-24-19)21(13)26-22(28)18-12-25-20(27)11-17(18)14-5-7-15(23)8-6-14/h2-10,12,17H,11H2,1H3,(H,25,27)(H,26,28). The molecule has 2 N–H and O–H groups in total. The number of halogens is 1. The molecule has 0 saturated heterocycles. The predicted molar refractivity (Wildman–Crippen MR) is 105 cm³/mol. The van der Waals surface area contributed by atoms with Crippen LogP contribution in [0.15, 0.2) is 66.5 Å². The Morgan fingerprint density at radius 2 is 1.96 bits per heavy atom. The first kappa shape index (κ1) is 17.9. The van der Waals surface area contributed by atoms with Gasteiger partial charge in [-0.15, -0.1) is 0 Å². The molecule has 2 amide bonds. The van der Waals surface area contributed by atoms with E-state index in [-0.39, 0.29) is 24.1 Å². The number of amides is 2. The van der Waals surface area contributed by atoms with Crippen LogP contribution in [0.4, 0.5) is 10.1 Å². The summed E-state index contributed by atoms with van der Waals surface area (Å²) in [6, 6.07) is 13.4. The number of aryl methyl sites for hydroxylation is 1. The average Bonchev–Trinajstić information content (AvgIpc) is 2.70. The molecular formula is C22H18FN3O2. The Labute approximate surface area is 161 Å². The van der Waals surface area contributed by atoms with Gasteiger partial charge in [-0.05, 0) is 48.4 Å². The quantitative estimate of drug-likeness (QED) is 0.731. The van der Waals surface area contributed by atoms with E-state index < -0.39 is 5.92 Å². The number of benzene rings is 2. The summed E-state index contributed by atoms with van der Waals surface area (Å²) < 4.78 is 13.3. The van der Waals surface area contributed by atoms with Crippen LogP contribution in [0.25, 0.3) is 10.9 Å². The Morgan fingerprint density at radius 1 is 1.18 bits per heavy atom. The third-order valence-electron chi connectivity index (χ3n) is 4.92. The van der Waals surface area contributed by atoms with Gasteiger partial charge in [0.2, 0.25) is 5.91 Å². The van der Waals surface area contributed by atoms with Crippen molar-refractivity contribution < 1.29 is 14.0 Å². The zero-order chi connectivity index (χ0) is 19.7. The second-order valence-electron chi connectivity index (χ2n) is 6.76. The molecule has 0 fully saturated rings. The highest BCUT2D eigenvalue weighted by molar-refractivity contribution is 6.10. The molecule has 0 radical (unpaired) electrons. The second-order valence-corrected chi connectivity index (χ2v) is 6.76. The van der Waals surface area contributed by atoms with Crippen LogP contribution in [0.5, 0.6) is 0 Å². The molecule has 0 bridgehead atoms. The van der Waals surface area contributed by atoms with Crippen LogP contribution in [0.1, 0.15) is 23.5 Å². The highest BCUT2D eigenvalue weighted by Gasteiger charge is 2.29. The summed E-state index contributed by atoms with van der Waals surface area (Å²) in [7, 11) is 0. The van der Waals surface area contributed by atoms with Gasteiger partial charge in [-0.25, -0.2) is 4.39 Å². The van der Waals surface area contributed by atoms with Crippen molar-refractivity contribution >= 4 is 28.4 Å². The summed E-state index contributed by atoms with van der Waals surface area (Å²) in [5.41, 5.74) is 3.52. The fourth-order valence-corrected chi connectivity index (χ4v) is 3.44. The normalized spacial score (nSPS) is 16.4. The lowest BCUT2D eigenvalue weighted by atomic mass is 9.86. The maximum atomic E-state index is 13.3. The number of carbonyl (C=O) groups excluding carboxylic acids is 2. The minimum atomic E-state index is -0.442. The summed E-state index contributed by atoms with van der Waals surface area (Å²) >= 11 is 0. The van der Waals surface area contributed by atoms with Gasteiger partial charge in [-0.3, -0.25) is 14.6 Å². The molecule has 0 saturated carbocycles. The number of hydrogen-bond acceptors (Lipinski definition) is 3. The topological polar surface area (TPSA) is 71.1 Å². The van der Waals surface area contributed by atoms with Gasteiger partial charge in [0.1, 0.15) is 5.82 Å². The molecule has 1 aliphatic heterocycles. The lowest BCUT2D eigenvalue weighted by molar-refractivity contribution is -0.121. The molecule has 0 aliphatic carbocycles. The third kappa shape index (κ3) is 3.36. The van der Waals surface area contributed by atoms with E-state index in [0.29, 0.717) is 16.8 Å². The Morgan fingerprint density at radius 3 is 2.75 bits per heavy atom. The third-order valence-corrected chi connectivity index (χ3v) is 4.92. The smallest absolute Gasteiger partial charge is 0.253 e. The van der Waals surface area contributed by atoms with Crippen molar-refractivity contribution in [2.75, 3.05) is 5.32 Å². The van der Waals surface area contributed by atoms with Crippen molar-refractivity contribution in [2.45, 2.75) is 19.3 Å². The molecule has 6 heteroatoms. The minimum absolute atomic E-state index is 0.126. The lowest BCUT2D eigenvalue weighted by Crippen LogP contribution is -2.32. The molecule has 2 heterocycles. The van der Waals surface area contributed by atoms with Gasteiger partial charge in [-0.1, -0.05) is 18.2 Å². The van der Waals surface area contributed by atoms with Crippen LogP contribution in [0, 0.1) is 12.7 Å². The van der Waals surface area contributed by atoms with E-state index in [2.05, 4.69) is 15.6 Å². The molecule has 1 aliphatic rings. The summed E-state index contributed by atoms with van der Waals surface area (Å²) in [5, 5.41) is 6.43. The Kier molecular flexibility index (Phi) is 4.61. The molecule has 140 valence electrons. The van der Waals surface area contributed by atoms with Gasteiger partial charge in [0.05, 0.1) is 11.2 Å². The first-order chi connectivity index (χ1) is 13.5. The zero-order valence-corrected chi connectivity index (χ0v) is 15.2. The number of aromatic nitrogens is 1. The van der Waals surface area contributed by atoms with Crippen LogP contribution in [-0.4, -0.2) is 16.8 Å². The molecular weight excluding hydrogens is 357 g/mol. The maximum Gasteiger partial charge on any atom is 0.253 e. The highest BCUT2D eigenvalue weighted by atomic mass is 19.1. The summed E-state index contributed by atoms with van der Waals surface area (Å²) in [6.07, 6.45) is 3.27. The van der Waals surface area contributed by atoms with Gasteiger partial charge in [-0.2, -0.15) is 0 Å². The summed E-state index contributed by atoms with van der Waals surface area (Å²) in [5.74, 6) is -1.30. The van der Waals surface area contributed by atoms with E-state index in [1.165, 1.54) is 18.3 Å². The Balaban J connectivity index is 1.69. The Bertz CT molecular complexity index is 1110. The van der Waals surface area contributed by atoms with Crippen molar-refractivity contribution in [1.82, 2.24) is 10.3 Å². The van der Waals surface area contributed by atoms with Gasteiger partial charge in [0.15, 0.2) is 0 Å². The molecule has 0 spiro atoms. The monoisotopic (exact) mass is 375 g/mol. The van der Waals surface area contributed by atoms with E-state index in [0.717, 1.165) is 16.5 Å². The zero-order valence-electron chi connectivity index (χ0n) is 15.2. The molecule has 2 aromatic carbocycles. The van der Waals surface area contributed by atoms with Crippen molar-refractivity contribution in [3.8, 4) is 0 Å². The van der Waals surface area contributed by atoms with Crippen LogP contribution in [0.2, 0.25) is 0 Å². The highest BCUT2D eigenvalue weighted by Crippen LogP contribution is 2.32. The van der Waals surface area contributed by atoms with E-state index in [1.54, 1.807) is 18.3 Å². The van der Waals surface area contributed by atoms with Crippen molar-refractivity contribution in [3.63, 3.8) is 0 Å². The van der Waals surface area contributed by atoms with E-state index >= 15 is 0 Å². The number of rotatable bonds is 3. The molecule has 1 atom stereocenters. The van der Waals surface area contributed by atoms with Gasteiger partial charge >= 0.3 is 0 Å². The number of fused-ring (bicyclic) bond motifs is 1. The van der Waals surface area contributed by atoms with Crippen molar-refractivity contribution in [1.29, 1.82) is 0 Å². The van der Waals surface area contributed by atoms with E-state index in [1.807, 2.05) is 31.2 Å². The predicted octanol–water partition coefficient (Wildman–Crippen LogP) is 3.81. The molecule has 5 nitrogen and oxygen atoms in total. The maximum absolute atomic E-state index is 13.3. The SMILES string of the molecule is Cc1ccc2ncccc2c1NC(=O)C1=CNC(=O)CC1c1ccc(F)cc1. The first-order valence-corrected chi connectivity index (χ1v) is 8.93. The van der Waals surface area contributed by atoms with E-state index in [9.17, 15) is 14.0 Å². The van der Waals surface area contributed by atoms with Gasteiger partial charge in [0.25, 0.3) is 5.91 Å². The fourth-order valence-electron chi connectivity index (χ4n) is 3.44. The minimum Gasteiger partial charge on any atom is -0.332 e. The summed E-state index contributed by atoms with van der Waals surface area (Å²) in [4.78, 5) is 29.3. The van der Waals surface area contributed by atoms with Gasteiger partial charge < -0.3 is 10.6 Å². The van der Waals surface area contributed by atoms with Crippen molar-refractivity contribution in [2.24, 2.45) is 0 Å². The summed E-state index contributed by atoms with van der Waals surface area (Å²) in [6.45, 7) is 1.91. The molecule has 1 aromatic heterocycles. The molecule has 4 rings (SSSR count). The van der Waals surface area contributed by atoms with Crippen molar-refractivity contribution in [3.05, 3.63) is 83.4 Å². The second kappa shape index (κ2) is 7.23. The van der Waals surface area contributed by atoms with Crippen LogP contribution >= 0.6 is 0 Å². The average molecular weight is 375 g/mol. The lowest BCUT2D eigenvalue weighted by Gasteiger charge is -2.24. The number of anilines is 1.